The molecule has 4 nitrogen and oxygen atoms in total. The van der Waals surface area contributed by atoms with E-state index in [1.54, 1.807) is 4.90 Å². The van der Waals surface area contributed by atoms with Crippen LogP contribution in [0, 0.1) is 5.92 Å². The van der Waals surface area contributed by atoms with Crippen LogP contribution < -0.4 is 5.32 Å². The number of piperidine rings is 1. The Hall–Kier alpha value is -0.610. The molecule has 0 aromatic rings. The molecule has 2 unspecified atom stereocenters. The normalized spacial score (nSPS) is 24.3. The monoisotopic (exact) mass is 256 g/mol. The lowest BCUT2D eigenvalue weighted by molar-refractivity contribution is -0.131. The van der Waals surface area contributed by atoms with Gasteiger partial charge < -0.3 is 15.0 Å². The lowest BCUT2D eigenvalue weighted by Gasteiger charge is -2.31. The number of carbonyl (C=O) groups excluding carboxylic acids is 1. The maximum absolute atomic E-state index is 12.1. The number of hydrogen-bond donors (Lipinski definition) is 1. The molecule has 1 rings (SSSR count). The van der Waals surface area contributed by atoms with E-state index in [4.69, 9.17) is 4.74 Å². The van der Waals surface area contributed by atoms with E-state index in [-0.39, 0.29) is 12.0 Å². The van der Waals surface area contributed by atoms with Gasteiger partial charge in [-0.3, -0.25) is 4.79 Å². The number of hydrogen-bond acceptors (Lipinski definition) is 3. The van der Waals surface area contributed by atoms with Gasteiger partial charge in [0.2, 0.25) is 5.91 Å². The molecule has 4 heteroatoms. The highest BCUT2D eigenvalue weighted by atomic mass is 16.5. The van der Waals surface area contributed by atoms with Crippen LogP contribution in [0.1, 0.15) is 40.0 Å². The average molecular weight is 256 g/mol. The molecular formula is C14H28N2O2. The molecule has 2 atom stereocenters. The minimum absolute atomic E-state index is 0.216. The largest absolute Gasteiger partial charge is 0.377 e. The molecular weight excluding hydrogens is 228 g/mol. The SMILES string of the molecule is CC(C)OCCN(C)C(=O)CC1NCCCC1C. The van der Waals surface area contributed by atoms with Gasteiger partial charge in [-0.25, -0.2) is 0 Å². The molecule has 0 aliphatic carbocycles. The lowest BCUT2D eigenvalue weighted by Crippen LogP contribution is -2.44. The highest BCUT2D eigenvalue weighted by Crippen LogP contribution is 2.18. The van der Waals surface area contributed by atoms with Crippen LogP contribution in [0.25, 0.3) is 0 Å². The number of nitrogens with zero attached hydrogens (tertiary/aromatic N) is 1. The van der Waals surface area contributed by atoms with Gasteiger partial charge in [-0.05, 0) is 39.2 Å². The van der Waals surface area contributed by atoms with Crippen molar-refractivity contribution in [3.05, 3.63) is 0 Å². The third-order valence-corrected chi connectivity index (χ3v) is 3.63. The second kappa shape index (κ2) is 7.74. The Bertz CT molecular complexity index is 256. The first-order valence-electron chi connectivity index (χ1n) is 7.09. The van der Waals surface area contributed by atoms with Crippen molar-refractivity contribution in [1.29, 1.82) is 0 Å². The summed E-state index contributed by atoms with van der Waals surface area (Å²) in [4.78, 5) is 13.8. The molecule has 0 radical (unpaired) electrons. The molecule has 0 aromatic carbocycles. The van der Waals surface area contributed by atoms with Crippen molar-refractivity contribution in [3.8, 4) is 0 Å². The first-order valence-corrected chi connectivity index (χ1v) is 7.09. The minimum Gasteiger partial charge on any atom is -0.377 e. The van der Waals surface area contributed by atoms with E-state index in [9.17, 15) is 4.79 Å². The summed E-state index contributed by atoms with van der Waals surface area (Å²) in [6, 6.07) is 0.347. The summed E-state index contributed by atoms with van der Waals surface area (Å²) in [6.07, 6.45) is 3.29. The van der Waals surface area contributed by atoms with E-state index in [2.05, 4.69) is 12.2 Å². The molecule has 1 heterocycles. The molecule has 0 aromatic heterocycles. The van der Waals surface area contributed by atoms with Crippen LogP contribution in [0.4, 0.5) is 0 Å². The van der Waals surface area contributed by atoms with Crippen molar-refractivity contribution in [1.82, 2.24) is 10.2 Å². The van der Waals surface area contributed by atoms with Gasteiger partial charge in [0.15, 0.2) is 0 Å². The summed E-state index contributed by atoms with van der Waals surface area (Å²) in [5.74, 6) is 0.816. The Morgan fingerprint density at radius 2 is 2.22 bits per heavy atom. The van der Waals surface area contributed by atoms with Gasteiger partial charge in [-0.15, -0.1) is 0 Å². The second-order valence-corrected chi connectivity index (χ2v) is 5.62. The van der Waals surface area contributed by atoms with Crippen molar-refractivity contribution < 1.29 is 9.53 Å². The molecule has 1 aliphatic rings. The Labute approximate surface area is 111 Å². The Morgan fingerprint density at radius 3 is 2.83 bits per heavy atom. The van der Waals surface area contributed by atoms with E-state index >= 15 is 0 Å². The Kier molecular flexibility index (Phi) is 6.65. The minimum atomic E-state index is 0.216. The van der Waals surface area contributed by atoms with Crippen LogP contribution in [-0.4, -0.2) is 49.7 Å². The molecule has 0 bridgehead atoms. The summed E-state index contributed by atoms with van der Waals surface area (Å²) in [6.45, 7) is 8.59. The fraction of sp³-hybridized carbons (Fsp3) is 0.929. The maximum Gasteiger partial charge on any atom is 0.223 e. The Morgan fingerprint density at radius 1 is 1.50 bits per heavy atom. The third-order valence-electron chi connectivity index (χ3n) is 3.63. The number of rotatable bonds is 6. The molecule has 18 heavy (non-hydrogen) atoms. The first-order chi connectivity index (χ1) is 8.50. The molecule has 1 fully saturated rings. The average Bonchev–Trinajstić information content (AvgIpc) is 2.31. The molecule has 1 amide bonds. The second-order valence-electron chi connectivity index (χ2n) is 5.62. The van der Waals surface area contributed by atoms with Gasteiger partial charge in [0.05, 0.1) is 12.7 Å². The quantitative estimate of drug-likeness (QED) is 0.785. The number of carbonyl (C=O) groups is 1. The van der Waals surface area contributed by atoms with E-state index < -0.39 is 0 Å². The molecule has 1 saturated heterocycles. The molecule has 1 aliphatic heterocycles. The molecule has 1 N–H and O–H groups in total. The standard InChI is InChI=1S/C14H28N2O2/c1-11(2)18-9-8-16(4)14(17)10-13-12(3)6-5-7-15-13/h11-13,15H,5-10H2,1-4H3. The fourth-order valence-electron chi connectivity index (χ4n) is 2.28. The lowest BCUT2D eigenvalue weighted by atomic mass is 9.90. The zero-order valence-electron chi connectivity index (χ0n) is 12.2. The van der Waals surface area contributed by atoms with Crippen LogP contribution >= 0.6 is 0 Å². The van der Waals surface area contributed by atoms with Gasteiger partial charge in [0.1, 0.15) is 0 Å². The fourth-order valence-corrected chi connectivity index (χ4v) is 2.28. The van der Waals surface area contributed by atoms with Gasteiger partial charge >= 0.3 is 0 Å². The van der Waals surface area contributed by atoms with Crippen molar-refractivity contribution in [2.45, 2.75) is 52.2 Å². The summed E-state index contributed by atoms with van der Waals surface area (Å²) in [5, 5.41) is 3.45. The number of likely N-dealkylation sites (N-methyl/N-ethyl adjacent to an activating group) is 1. The Balaban J connectivity index is 2.26. The molecule has 0 saturated carbocycles. The van der Waals surface area contributed by atoms with Gasteiger partial charge in [0, 0.05) is 26.1 Å². The van der Waals surface area contributed by atoms with E-state index in [0.717, 1.165) is 6.54 Å². The number of amides is 1. The van der Waals surface area contributed by atoms with Gasteiger partial charge in [-0.2, -0.15) is 0 Å². The third kappa shape index (κ3) is 5.36. The maximum atomic E-state index is 12.1. The van der Waals surface area contributed by atoms with Gasteiger partial charge in [0.25, 0.3) is 0 Å². The first kappa shape index (κ1) is 15.4. The summed E-state index contributed by atoms with van der Waals surface area (Å²) >= 11 is 0. The number of nitrogens with one attached hydrogen (secondary N) is 1. The summed E-state index contributed by atoms with van der Waals surface area (Å²) in [7, 11) is 1.86. The van der Waals surface area contributed by atoms with E-state index in [0.29, 0.717) is 31.5 Å². The number of ether oxygens (including phenoxy) is 1. The van der Waals surface area contributed by atoms with Crippen LogP contribution in [0.3, 0.4) is 0 Å². The molecule has 106 valence electrons. The topological polar surface area (TPSA) is 41.6 Å². The summed E-state index contributed by atoms with van der Waals surface area (Å²) < 4.78 is 5.46. The van der Waals surface area contributed by atoms with Crippen molar-refractivity contribution in [2.75, 3.05) is 26.7 Å². The van der Waals surface area contributed by atoms with Gasteiger partial charge in [-0.1, -0.05) is 6.92 Å². The zero-order chi connectivity index (χ0) is 13.5. The molecule has 0 spiro atoms. The van der Waals surface area contributed by atoms with Crippen LogP contribution in [-0.2, 0) is 9.53 Å². The van der Waals surface area contributed by atoms with Crippen molar-refractivity contribution in [3.63, 3.8) is 0 Å². The van der Waals surface area contributed by atoms with E-state index in [1.807, 2.05) is 20.9 Å². The highest BCUT2D eigenvalue weighted by Gasteiger charge is 2.24. The van der Waals surface area contributed by atoms with Crippen LogP contribution in [0.2, 0.25) is 0 Å². The zero-order valence-corrected chi connectivity index (χ0v) is 12.2. The summed E-state index contributed by atoms with van der Waals surface area (Å²) in [5.41, 5.74) is 0. The highest BCUT2D eigenvalue weighted by molar-refractivity contribution is 5.76. The van der Waals surface area contributed by atoms with Crippen molar-refractivity contribution in [2.24, 2.45) is 5.92 Å². The predicted octanol–water partition coefficient (Wildman–Crippen LogP) is 1.65. The van der Waals surface area contributed by atoms with Crippen molar-refractivity contribution >= 4 is 5.91 Å². The predicted molar refractivity (Wildman–Crippen MR) is 73.5 cm³/mol. The van der Waals surface area contributed by atoms with Crippen LogP contribution in [0.15, 0.2) is 0 Å². The smallest absolute Gasteiger partial charge is 0.223 e. The van der Waals surface area contributed by atoms with E-state index in [1.165, 1.54) is 12.8 Å². The van der Waals surface area contributed by atoms with Crippen LogP contribution in [0.5, 0.6) is 0 Å².